The Morgan fingerprint density at radius 3 is 2.21 bits per heavy atom. The standard InChI is InChI=1S/C18H23N3O6S2/c1-21(2)29(26,27)15-8-9-17(22)16(12-15)20-18(23)14-6-4-13(5-7-14)10-11-19-28(3,24)25/h4-9,12,19,22H,10-11H2,1-3H3,(H,20,23). The minimum Gasteiger partial charge on any atom is -0.506 e. The summed E-state index contributed by atoms with van der Waals surface area (Å²) in [4.78, 5) is 12.4. The van der Waals surface area contributed by atoms with Gasteiger partial charge in [-0.15, -0.1) is 0 Å². The molecule has 2 aromatic rings. The van der Waals surface area contributed by atoms with Gasteiger partial charge < -0.3 is 10.4 Å². The topological polar surface area (TPSA) is 133 Å². The summed E-state index contributed by atoms with van der Waals surface area (Å²) in [7, 11) is -4.21. The van der Waals surface area contributed by atoms with E-state index in [0.29, 0.717) is 12.0 Å². The van der Waals surface area contributed by atoms with Gasteiger partial charge in [-0.2, -0.15) is 0 Å². The number of hydrogen-bond acceptors (Lipinski definition) is 6. The van der Waals surface area contributed by atoms with E-state index >= 15 is 0 Å². The highest BCUT2D eigenvalue weighted by Crippen LogP contribution is 2.28. The number of anilines is 1. The summed E-state index contributed by atoms with van der Waals surface area (Å²) in [6.45, 7) is 0.241. The van der Waals surface area contributed by atoms with Crippen molar-refractivity contribution in [2.24, 2.45) is 0 Å². The van der Waals surface area contributed by atoms with Crippen molar-refractivity contribution in [2.45, 2.75) is 11.3 Å². The van der Waals surface area contributed by atoms with E-state index in [0.717, 1.165) is 16.1 Å². The molecule has 0 unspecified atom stereocenters. The number of hydrogen-bond donors (Lipinski definition) is 3. The van der Waals surface area contributed by atoms with Gasteiger partial charge in [-0.25, -0.2) is 25.9 Å². The molecular formula is C18H23N3O6S2. The van der Waals surface area contributed by atoms with Crippen LogP contribution in [-0.2, 0) is 26.5 Å². The van der Waals surface area contributed by atoms with Crippen molar-refractivity contribution in [3.63, 3.8) is 0 Å². The molecule has 0 atom stereocenters. The maximum Gasteiger partial charge on any atom is 0.255 e. The second kappa shape index (κ2) is 8.91. The third-order valence-corrected chi connectivity index (χ3v) is 6.53. The smallest absolute Gasteiger partial charge is 0.255 e. The second-order valence-corrected chi connectivity index (χ2v) is 10.5. The maximum atomic E-state index is 12.4. The SMILES string of the molecule is CN(C)S(=O)(=O)c1ccc(O)c(NC(=O)c2ccc(CCNS(C)(=O)=O)cc2)c1. The van der Waals surface area contributed by atoms with Gasteiger partial charge in [0, 0.05) is 26.2 Å². The Morgan fingerprint density at radius 1 is 1.03 bits per heavy atom. The predicted octanol–water partition coefficient (Wildman–Crippen LogP) is 0.986. The van der Waals surface area contributed by atoms with Crippen LogP contribution in [0.3, 0.4) is 0 Å². The lowest BCUT2D eigenvalue weighted by atomic mass is 10.1. The first-order chi connectivity index (χ1) is 13.4. The number of aromatic hydroxyl groups is 1. The Morgan fingerprint density at radius 2 is 1.66 bits per heavy atom. The van der Waals surface area contributed by atoms with Gasteiger partial charge in [-0.05, 0) is 42.3 Å². The molecule has 29 heavy (non-hydrogen) atoms. The number of nitrogens with zero attached hydrogens (tertiary/aromatic N) is 1. The first kappa shape index (κ1) is 22.8. The molecule has 11 heteroatoms. The summed E-state index contributed by atoms with van der Waals surface area (Å²) in [5.74, 6) is -0.792. The zero-order chi connectivity index (χ0) is 21.8. The number of rotatable bonds is 8. The summed E-state index contributed by atoms with van der Waals surface area (Å²) < 4.78 is 50.0. The fraction of sp³-hybridized carbons (Fsp3) is 0.278. The highest BCUT2D eigenvalue weighted by molar-refractivity contribution is 7.89. The number of phenols is 1. The second-order valence-electron chi connectivity index (χ2n) is 6.53. The van der Waals surface area contributed by atoms with E-state index in [1.54, 1.807) is 24.3 Å². The van der Waals surface area contributed by atoms with Crippen molar-refractivity contribution in [1.82, 2.24) is 9.03 Å². The van der Waals surface area contributed by atoms with Crippen LogP contribution in [0.25, 0.3) is 0 Å². The third kappa shape index (κ3) is 6.26. The number of phenolic OH excluding ortho intramolecular Hbond substituents is 1. The van der Waals surface area contributed by atoms with Crippen LogP contribution in [-0.4, -0.2) is 59.1 Å². The zero-order valence-corrected chi connectivity index (χ0v) is 17.8. The lowest BCUT2D eigenvalue weighted by Gasteiger charge is -2.14. The third-order valence-electron chi connectivity index (χ3n) is 3.99. The van der Waals surface area contributed by atoms with E-state index in [1.807, 2.05) is 0 Å². The first-order valence-electron chi connectivity index (χ1n) is 8.50. The molecule has 0 heterocycles. The van der Waals surface area contributed by atoms with E-state index in [9.17, 15) is 26.7 Å². The summed E-state index contributed by atoms with van der Waals surface area (Å²) in [6.07, 6.45) is 1.54. The average Bonchev–Trinajstić information content (AvgIpc) is 2.62. The summed E-state index contributed by atoms with van der Waals surface area (Å²) in [5, 5.41) is 12.5. The van der Waals surface area contributed by atoms with Crippen molar-refractivity contribution in [2.75, 3.05) is 32.2 Å². The quantitative estimate of drug-likeness (QED) is 0.523. The molecule has 0 bridgehead atoms. The molecule has 0 saturated heterocycles. The van der Waals surface area contributed by atoms with Gasteiger partial charge >= 0.3 is 0 Å². The van der Waals surface area contributed by atoms with Crippen molar-refractivity contribution in [1.29, 1.82) is 0 Å². The molecule has 0 aromatic heterocycles. The van der Waals surface area contributed by atoms with Crippen LogP contribution in [0.4, 0.5) is 5.69 Å². The first-order valence-corrected chi connectivity index (χ1v) is 11.8. The normalized spacial score (nSPS) is 12.1. The Bertz CT molecular complexity index is 1090. The van der Waals surface area contributed by atoms with Gasteiger partial charge in [0.1, 0.15) is 5.75 Å². The maximum absolute atomic E-state index is 12.4. The lowest BCUT2D eigenvalue weighted by molar-refractivity contribution is 0.102. The lowest BCUT2D eigenvalue weighted by Crippen LogP contribution is -2.24. The van der Waals surface area contributed by atoms with Crippen LogP contribution in [0.1, 0.15) is 15.9 Å². The number of benzene rings is 2. The molecule has 1 amide bonds. The fourth-order valence-electron chi connectivity index (χ4n) is 2.38. The van der Waals surface area contributed by atoms with Crippen LogP contribution < -0.4 is 10.0 Å². The molecule has 9 nitrogen and oxygen atoms in total. The van der Waals surface area contributed by atoms with Crippen LogP contribution >= 0.6 is 0 Å². The number of carbonyl (C=O) groups excluding carboxylic acids is 1. The molecule has 0 fully saturated rings. The molecule has 158 valence electrons. The molecule has 0 aliphatic heterocycles. The van der Waals surface area contributed by atoms with Crippen LogP contribution in [0, 0.1) is 0 Å². The minimum absolute atomic E-state index is 0.0284. The largest absolute Gasteiger partial charge is 0.506 e. The van der Waals surface area contributed by atoms with Gasteiger partial charge in [0.2, 0.25) is 20.0 Å². The van der Waals surface area contributed by atoms with Crippen LogP contribution in [0.15, 0.2) is 47.4 Å². The fourth-order valence-corrected chi connectivity index (χ4v) is 3.79. The van der Waals surface area contributed by atoms with Crippen molar-refractivity contribution >= 4 is 31.6 Å². The summed E-state index contributed by atoms with van der Waals surface area (Å²) in [5.41, 5.74) is 1.10. The van der Waals surface area contributed by atoms with Gasteiger partial charge in [0.15, 0.2) is 0 Å². The zero-order valence-electron chi connectivity index (χ0n) is 16.2. The van der Waals surface area contributed by atoms with E-state index in [1.165, 1.54) is 32.3 Å². The summed E-state index contributed by atoms with van der Waals surface area (Å²) in [6, 6.07) is 10.1. The Kier molecular flexibility index (Phi) is 7.01. The Hall–Kier alpha value is -2.47. The monoisotopic (exact) mass is 441 g/mol. The van der Waals surface area contributed by atoms with Gasteiger partial charge in [-0.3, -0.25) is 4.79 Å². The number of carbonyl (C=O) groups is 1. The van der Waals surface area contributed by atoms with E-state index < -0.39 is 26.0 Å². The molecule has 0 radical (unpaired) electrons. The van der Waals surface area contributed by atoms with E-state index in [2.05, 4.69) is 10.0 Å². The molecule has 0 aliphatic carbocycles. The number of sulfonamides is 2. The van der Waals surface area contributed by atoms with Crippen molar-refractivity contribution in [3.05, 3.63) is 53.6 Å². The van der Waals surface area contributed by atoms with Crippen molar-refractivity contribution in [3.8, 4) is 5.75 Å². The average molecular weight is 442 g/mol. The van der Waals surface area contributed by atoms with E-state index in [-0.39, 0.29) is 22.9 Å². The molecule has 3 N–H and O–H groups in total. The molecule has 2 aromatic carbocycles. The van der Waals surface area contributed by atoms with Gasteiger partial charge in [0.05, 0.1) is 16.8 Å². The Balaban J connectivity index is 2.12. The van der Waals surface area contributed by atoms with Gasteiger partial charge in [0.25, 0.3) is 5.91 Å². The Labute approximate surface area is 170 Å². The molecule has 2 rings (SSSR count). The highest BCUT2D eigenvalue weighted by atomic mass is 32.2. The van der Waals surface area contributed by atoms with Crippen molar-refractivity contribution < 1.29 is 26.7 Å². The molecule has 0 saturated carbocycles. The van der Waals surface area contributed by atoms with E-state index in [4.69, 9.17) is 0 Å². The van der Waals surface area contributed by atoms with Gasteiger partial charge in [-0.1, -0.05) is 12.1 Å². The number of nitrogens with one attached hydrogen (secondary N) is 2. The summed E-state index contributed by atoms with van der Waals surface area (Å²) >= 11 is 0. The van der Waals surface area contributed by atoms with Crippen LogP contribution in [0.2, 0.25) is 0 Å². The minimum atomic E-state index is -3.72. The molecule has 0 aliphatic rings. The molecule has 0 spiro atoms. The number of amides is 1. The van der Waals surface area contributed by atoms with Crippen LogP contribution in [0.5, 0.6) is 5.75 Å². The predicted molar refractivity (Wildman–Crippen MR) is 110 cm³/mol. The molecular weight excluding hydrogens is 418 g/mol. The highest BCUT2D eigenvalue weighted by Gasteiger charge is 2.19.